The molecule has 0 saturated carbocycles. The van der Waals surface area contributed by atoms with E-state index in [0.717, 1.165) is 22.7 Å². The van der Waals surface area contributed by atoms with E-state index < -0.39 is 0 Å². The van der Waals surface area contributed by atoms with Gasteiger partial charge in [-0.3, -0.25) is 9.78 Å². The first kappa shape index (κ1) is 16.5. The molecule has 0 saturated heterocycles. The average molecular weight is 333 g/mol. The highest BCUT2D eigenvalue weighted by molar-refractivity contribution is 5.80. The second-order valence-corrected chi connectivity index (χ2v) is 5.43. The van der Waals surface area contributed by atoms with Crippen LogP contribution in [0.5, 0.6) is 11.5 Å². The van der Waals surface area contributed by atoms with Gasteiger partial charge in [-0.1, -0.05) is 24.3 Å². The quantitative estimate of drug-likeness (QED) is 0.693. The van der Waals surface area contributed by atoms with Crippen molar-refractivity contribution in [1.82, 2.24) is 10.3 Å². The maximum atomic E-state index is 11.9. The van der Waals surface area contributed by atoms with Gasteiger partial charge < -0.3 is 15.4 Å². The molecule has 25 heavy (non-hydrogen) atoms. The predicted molar refractivity (Wildman–Crippen MR) is 97.5 cm³/mol. The molecule has 0 aliphatic heterocycles. The Kier molecular flexibility index (Phi) is 5.61. The molecule has 0 aliphatic rings. The van der Waals surface area contributed by atoms with E-state index in [-0.39, 0.29) is 12.5 Å². The summed E-state index contributed by atoms with van der Waals surface area (Å²) in [5, 5.41) is 5.94. The summed E-state index contributed by atoms with van der Waals surface area (Å²) in [5.41, 5.74) is 1.83. The van der Waals surface area contributed by atoms with Gasteiger partial charge in [0.15, 0.2) is 0 Å². The van der Waals surface area contributed by atoms with Crippen molar-refractivity contribution in [1.29, 1.82) is 0 Å². The number of hydrogen-bond acceptors (Lipinski definition) is 4. The molecule has 5 nitrogen and oxygen atoms in total. The number of nitrogens with zero attached hydrogens (tertiary/aromatic N) is 1. The highest BCUT2D eigenvalue weighted by Crippen LogP contribution is 2.22. The van der Waals surface area contributed by atoms with E-state index in [2.05, 4.69) is 15.6 Å². The lowest BCUT2D eigenvalue weighted by Crippen LogP contribution is -2.29. The molecule has 1 amide bonds. The zero-order valence-electron chi connectivity index (χ0n) is 13.7. The number of hydrogen-bond donors (Lipinski definition) is 2. The molecule has 2 aromatic carbocycles. The third kappa shape index (κ3) is 5.35. The molecule has 0 radical (unpaired) electrons. The zero-order valence-corrected chi connectivity index (χ0v) is 13.7. The van der Waals surface area contributed by atoms with Crippen molar-refractivity contribution in [2.24, 2.45) is 0 Å². The zero-order chi connectivity index (χ0) is 17.3. The Morgan fingerprint density at radius 1 is 0.920 bits per heavy atom. The molecular formula is C20H19N3O2. The Morgan fingerprint density at radius 2 is 1.68 bits per heavy atom. The van der Waals surface area contributed by atoms with Crippen LogP contribution in [0.25, 0.3) is 0 Å². The van der Waals surface area contributed by atoms with Crippen molar-refractivity contribution in [3.63, 3.8) is 0 Å². The second-order valence-electron chi connectivity index (χ2n) is 5.43. The van der Waals surface area contributed by atoms with Gasteiger partial charge in [0.1, 0.15) is 11.5 Å². The third-order valence-corrected chi connectivity index (χ3v) is 3.50. The van der Waals surface area contributed by atoms with Crippen LogP contribution in [-0.4, -0.2) is 17.4 Å². The maximum Gasteiger partial charge on any atom is 0.239 e. The molecule has 0 aliphatic carbocycles. The molecule has 126 valence electrons. The SMILES string of the molecule is O=C(CNc1ccc(Oc2ccccc2)cc1)NCc1cccnc1. The van der Waals surface area contributed by atoms with Crippen molar-refractivity contribution in [2.75, 3.05) is 11.9 Å². The largest absolute Gasteiger partial charge is 0.457 e. The van der Waals surface area contributed by atoms with Crippen molar-refractivity contribution >= 4 is 11.6 Å². The summed E-state index contributed by atoms with van der Waals surface area (Å²) in [4.78, 5) is 15.9. The number of para-hydroxylation sites is 1. The first-order chi connectivity index (χ1) is 12.3. The van der Waals surface area contributed by atoms with Crippen LogP contribution in [0.1, 0.15) is 5.56 Å². The van der Waals surface area contributed by atoms with Crippen LogP contribution >= 0.6 is 0 Å². The van der Waals surface area contributed by atoms with Crippen molar-refractivity contribution < 1.29 is 9.53 Å². The molecule has 0 unspecified atom stereocenters. The standard InChI is InChI=1S/C20H19N3O2/c24-20(23-14-16-5-4-12-21-13-16)15-22-17-8-10-19(11-9-17)25-18-6-2-1-3-7-18/h1-13,22H,14-15H2,(H,23,24). The monoisotopic (exact) mass is 333 g/mol. The fourth-order valence-corrected chi connectivity index (χ4v) is 2.21. The van der Waals surface area contributed by atoms with Gasteiger partial charge in [-0.25, -0.2) is 0 Å². The number of carbonyl (C=O) groups excluding carboxylic acids is 1. The number of rotatable bonds is 7. The summed E-state index contributed by atoms with van der Waals surface area (Å²) in [6, 6.07) is 20.9. The van der Waals surface area contributed by atoms with E-state index in [1.807, 2.05) is 66.7 Å². The van der Waals surface area contributed by atoms with E-state index in [0.29, 0.717) is 6.54 Å². The molecule has 3 rings (SSSR count). The molecule has 0 fully saturated rings. The lowest BCUT2D eigenvalue weighted by atomic mass is 10.3. The first-order valence-electron chi connectivity index (χ1n) is 8.02. The minimum Gasteiger partial charge on any atom is -0.457 e. The van der Waals surface area contributed by atoms with Crippen molar-refractivity contribution in [2.45, 2.75) is 6.54 Å². The smallest absolute Gasteiger partial charge is 0.239 e. The Bertz CT molecular complexity index is 790. The average Bonchev–Trinajstić information content (AvgIpc) is 2.67. The molecule has 0 atom stereocenters. The van der Waals surface area contributed by atoms with Crippen LogP contribution in [0, 0.1) is 0 Å². The summed E-state index contributed by atoms with van der Waals surface area (Å²) >= 11 is 0. The van der Waals surface area contributed by atoms with E-state index in [1.165, 1.54) is 0 Å². The van der Waals surface area contributed by atoms with Gasteiger partial charge in [-0.15, -0.1) is 0 Å². The lowest BCUT2D eigenvalue weighted by molar-refractivity contribution is -0.119. The number of carbonyl (C=O) groups is 1. The second kappa shape index (κ2) is 8.49. The van der Waals surface area contributed by atoms with Crippen LogP contribution in [-0.2, 0) is 11.3 Å². The van der Waals surface area contributed by atoms with Crippen LogP contribution in [0.3, 0.4) is 0 Å². The summed E-state index contributed by atoms with van der Waals surface area (Å²) in [6.45, 7) is 0.678. The van der Waals surface area contributed by atoms with Crippen LogP contribution < -0.4 is 15.4 Å². The number of aromatic nitrogens is 1. The van der Waals surface area contributed by atoms with Gasteiger partial charge in [-0.2, -0.15) is 0 Å². The number of anilines is 1. The van der Waals surface area contributed by atoms with Crippen molar-refractivity contribution in [3.05, 3.63) is 84.7 Å². The van der Waals surface area contributed by atoms with Gasteiger partial charge in [0, 0.05) is 24.6 Å². The molecule has 1 heterocycles. The van der Waals surface area contributed by atoms with E-state index >= 15 is 0 Å². The highest BCUT2D eigenvalue weighted by atomic mass is 16.5. The molecule has 1 aromatic heterocycles. The molecular weight excluding hydrogens is 314 g/mol. The Balaban J connectivity index is 1.44. The van der Waals surface area contributed by atoms with Gasteiger partial charge in [-0.05, 0) is 48.0 Å². The van der Waals surface area contributed by atoms with Gasteiger partial charge in [0.2, 0.25) is 5.91 Å². The summed E-state index contributed by atoms with van der Waals surface area (Å²) in [5.74, 6) is 1.46. The normalized spacial score (nSPS) is 10.1. The fourth-order valence-electron chi connectivity index (χ4n) is 2.21. The number of benzene rings is 2. The summed E-state index contributed by atoms with van der Waals surface area (Å²) < 4.78 is 5.73. The Hall–Kier alpha value is -3.34. The number of nitrogens with one attached hydrogen (secondary N) is 2. The molecule has 5 heteroatoms. The number of ether oxygens (including phenoxy) is 1. The predicted octanol–water partition coefficient (Wildman–Crippen LogP) is 3.60. The molecule has 2 N–H and O–H groups in total. The Morgan fingerprint density at radius 3 is 2.40 bits per heavy atom. The minimum absolute atomic E-state index is 0.0755. The number of pyridine rings is 1. The summed E-state index contributed by atoms with van der Waals surface area (Å²) in [7, 11) is 0. The van der Waals surface area contributed by atoms with E-state index in [9.17, 15) is 4.79 Å². The number of amides is 1. The van der Waals surface area contributed by atoms with E-state index in [4.69, 9.17) is 4.74 Å². The van der Waals surface area contributed by atoms with Crippen LogP contribution in [0.15, 0.2) is 79.1 Å². The van der Waals surface area contributed by atoms with E-state index in [1.54, 1.807) is 12.4 Å². The fraction of sp³-hybridized carbons (Fsp3) is 0.100. The Labute approximate surface area is 146 Å². The maximum absolute atomic E-state index is 11.9. The lowest BCUT2D eigenvalue weighted by Gasteiger charge is -2.09. The van der Waals surface area contributed by atoms with Gasteiger partial charge in [0.25, 0.3) is 0 Å². The van der Waals surface area contributed by atoms with Gasteiger partial charge in [0.05, 0.1) is 6.54 Å². The van der Waals surface area contributed by atoms with Crippen LogP contribution in [0.4, 0.5) is 5.69 Å². The third-order valence-electron chi connectivity index (χ3n) is 3.50. The molecule has 0 bridgehead atoms. The van der Waals surface area contributed by atoms with Crippen molar-refractivity contribution in [3.8, 4) is 11.5 Å². The first-order valence-corrected chi connectivity index (χ1v) is 8.02. The topological polar surface area (TPSA) is 63.2 Å². The molecule has 3 aromatic rings. The summed E-state index contributed by atoms with van der Waals surface area (Å²) in [6.07, 6.45) is 3.44. The minimum atomic E-state index is -0.0755. The van der Waals surface area contributed by atoms with Gasteiger partial charge >= 0.3 is 0 Å². The highest BCUT2D eigenvalue weighted by Gasteiger charge is 2.02. The molecule has 0 spiro atoms. The van der Waals surface area contributed by atoms with Crippen LogP contribution in [0.2, 0.25) is 0 Å².